The molecule has 0 aromatic heterocycles. The van der Waals surface area contributed by atoms with Gasteiger partial charge in [0.05, 0.1) is 6.04 Å². The summed E-state index contributed by atoms with van der Waals surface area (Å²) in [6, 6.07) is 0.299. The van der Waals surface area contributed by atoms with Crippen LogP contribution < -0.4 is 0 Å². The van der Waals surface area contributed by atoms with Crippen molar-refractivity contribution in [2.24, 2.45) is 4.99 Å². The first-order valence-electron chi connectivity index (χ1n) is 2.20. The van der Waals surface area contributed by atoms with Crippen LogP contribution >= 0.6 is 11.6 Å². The predicted molar refractivity (Wildman–Crippen MR) is 31.9 cm³/mol. The molecule has 2 heteroatoms. The molecule has 1 heterocycles. The minimum atomic E-state index is 0.299. The molecule has 0 bridgehead atoms. The SMILES string of the molecule is CC1C=CC(Cl)=N1. The summed E-state index contributed by atoms with van der Waals surface area (Å²) in [6.45, 7) is 1.99. The number of halogens is 1. The molecule has 0 aromatic rings. The normalized spacial score (nSPS) is 28.3. The van der Waals surface area contributed by atoms with E-state index in [2.05, 4.69) is 4.99 Å². The standard InChI is InChI=1S/C5H6ClN/c1-4-2-3-5(6)7-4/h2-4H,1H3. The lowest BCUT2D eigenvalue weighted by atomic mass is 10.4. The monoisotopic (exact) mass is 115 g/mol. The Morgan fingerprint density at radius 3 is 2.71 bits per heavy atom. The van der Waals surface area contributed by atoms with Gasteiger partial charge >= 0.3 is 0 Å². The molecule has 0 N–H and O–H groups in total. The third-order valence-corrected chi connectivity index (χ3v) is 1.06. The number of aliphatic imine (C=N–C) groups is 1. The smallest absolute Gasteiger partial charge is 0.123 e. The van der Waals surface area contributed by atoms with Crippen LogP contribution in [0.3, 0.4) is 0 Å². The molecule has 1 aliphatic rings. The molecule has 0 aliphatic carbocycles. The van der Waals surface area contributed by atoms with Crippen molar-refractivity contribution in [2.75, 3.05) is 0 Å². The summed E-state index contributed by atoms with van der Waals surface area (Å²) in [5.74, 6) is 0. The van der Waals surface area contributed by atoms with E-state index in [0.29, 0.717) is 11.2 Å². The van der Waals surface area contributed by atoms with Crippen molar-refractivity contribution >= 4 is 16.8 Å². The molecule has 0 radical (unpaired) electrons. The second-order valence-electron chi connectivity index (χ2n) is 1.55. The van der Waals surface area contributed by atoms with Gasteiger partial charge in [-0.3, -0.25) is 4.99 Å². The van der Waals surface area contributed by atoms with Crippen LogP contribution in [-0.4, -0.2) is 11.2 Å². The van der Waals surface area contributed by atoms with E-state index >= 15 is 0 Å². The Bertz CT molecular complexity index is 126. The maximum atomic E-state index is 5.47. The van der Waals surface area contributed by atoms with E-state index in [1.54, 1.807) is 0 Å². The Morgan fingerprint density at radius 2 is 2.57 bits per heavy atom. The Hall–Kier alpha value is -0.300. The van der Waals surface area contributed by atoms with Crippen LogP contribution in [-0.2, 0) is 0 Å². The van der Waals surface area contributed by atoms with Crippen LogP contribution in [0.1, 0.15) is 6.92 Å². The number of rotatable bonds is 0. The van der Waals surface area contributed by atoms with Gasteiger partial charge in [-0.05, 0) is 13.0 Å². The van der Waals surface area contributed by atoms with Crippen molar-refractivity contribution in [3.63, 3.8) is 0 Å². The molecule has 0 saturated carbocycles. The van der Waals surface area contributed by atoms with E-state index in [9.17, 15) is 0 Å². The first-order valence-corrected chi connectivity index (χ1v) is 2.58. The summed E-state index contributed by atoms with van der Waals surface area (Å²) < 4.78 is 0. The van der Waals surface area contributed by atoms with E-state index in [1.165, 1.54) is 0 Å². The average Bonchev–Trinajstić information content (AvgIpc) is 1.87. The van der Waals surface area contributed by atoms with Crippen molar-refractivity contribution < 1.29 is 0 Å². The average molecular weight is 116 g/mol. The van der Waals surface area contributed by atoms with Crippen molar-refractivity contribution in [3.8, 4) is 0 Å². The van der Waals surface area contributed by atoms with Gasteiger partial charge in [-0.25, -0.2) is 0 Å². The van der Waals surface area contributed by atoms with Crippen molar-refractivity contribution in [2.45, 2.75) is 13.0 Å². The van der Waals surface area contributed by atoms with Gasteiger partial charge in [-0.2, -0.15) is 0 Å². The zero-order chi connectivity index (χ0) is 5.28. The predicted octanol–water partition coefficient (Wildman–Crippen LogP) is 1.58. The number of allylic oxidation sites excluding steroid dienone is 1. The van der Waals surface area contributed by atoms with Crippen molar-refractivity contribution in [1.29, 1.82) is 0 Å². The van der Waals surface area contributed by atoms with E-state index in [1.807, 2.05) is 19.1 Å². The van der Waals surface area contributed by atoms with Crippen LogP contribution in [0, 0.1) is 0 Å². The van der Waals surface area contributed by atoms with E-state index < -0.39 is 0 Å². The maximum absolute atomic E-state index is 5.47. The number of hydrogen-bond donors (Lipinski definition) is 0. The van der Waals surface area contributed by atoms with Gasteiger partial charge in [0, 0.05) is 0 Å². The molecular weight excluding hydrogens is 110 g/mol. The van der Waals surface area contributed by atoms with Gasteiger partial charge in [0.1, 0.15) is 5.17 Å². The second-order valence-corrected chi connectivity index (χ2v) is 1.94. The fourth-order valence-electron chi connectivity index (χ4n) is 0.499. The zero-order valence-electron chi connectivity index (χ0n) is 4.06. The highest BCUT2D eigenvalue weighted by atomic mass is 35.5. The summed E-state index contributed by atoms with van der Waals surface area (Å²) in [7, 11) is 0. The van der Waals surface area contributed by atoms with Gasteiger partial charge in [0.15, 0.2) is 0 Å². The fourth-order valence-corrected chi connectivity index (χ4v) is 0.726. The third-order valence-electron chi connectivity index (χ3n) is 0.839. The van der Waals surface area contributed by atoms with E-state index in [4.69, 9.17) is 11.6 Å². The van der Waals surface area contributed by atoms with Gasteiger partial charge < -0.3 is 0 Å². The van der Waals surface area contributed by atoms with Crippen molar-refractivity contribution in [1.82, 2.24) is 0 Å². The Labute approximate surface area is 47.7 Å². The van der Waals surface area contributed by atoms with Gasteiger partial charge in [0.2, 0.25) is 0 Å². The Morgan fingerprint density at radius 1 is 1.86 bits per heavy atom. The number of nitrogens with zero attached hydrogens (tertiary/aromatic N) is 1. The molecule has 0 saturated heterocycles. The molecule has 38 valence electrons. The highest BCUT2D eigenvalue weighted by Gasteiger charge is 1.99. The maximum Gasteiger partial charge on any atom is 0.123 e. The van der Waals surface area contributed by atoms with Crippen LogP contribution in [0.4, 0.5) is 0 Å². The molecule has 7 heavy (non-hydrogen) atoms. The van der Waals surface area contributed by atoms with Crippen LogP contribution in [0.25, 0.3) is 0 Å². The molecule has 0 fully saturated rings. The first kappa shape index (κ1) is 4.85. The minimum Gasteiger partial charge on any atom is -0.266 e. The van der Waals surface area contributed by atoms with Gasteiger partial charge in [-0.15, -0.1) is 0 Å². The molecule has 1 nitrogen and oxygen atoms in total. The lowest BCUT2D eigenvalue weighted by molar-refractivity contribution is 0.949. The number of hydrogen-bond acceptors (Lipinski definition) is 1. The lowest BCUT2D eigenvalue weighted by Crippen LogP contribution is -1.84. The molecule has 1 unspecified atom stereocenters. The molecule has 0 aromatic carbocycles. The molecular formula is C5H6ClN. The third kappa shape index (κ3) is 1.03. The molecule has 0 spiro atoms. The van der Waals surface area contributed by atoms with Crippen LogP contribution in [0.5, 0.6) is 0 Å². The molecule has 0 amide bonds. The Balaban J connectivity index is 2.69. The highest BCUT2D eigenvalue weighted by molar-refractivity contribution is 6.68. The van der Waals surface area contributed by atoms with E-state index in [0.717, 1.165) is 0 Å². The molecule has 1 rings (SSSR count). The summed E-state index contributed by atoms with van der Waals surface area (Å²) in [5, 5.41) is 0.618. The second kappa shape index (κ2) is 1.66. The summed E-state index contributed by atoms with van der Waals surface area (Å²) in [5.41, 5.74) is 0. The van der Waals surface area contributed by atoms with Crippen molar-refractivity contribution in [3.05, 3.63) is 12.2 Å². The summed E-state index contributed by atoms with van der Waals surface area (Å²) >= 11 is 5.47. The molecule has 1 aliphatic heterocycles. The summed E-state index contributed by atoms with van der Waals surface area (Å²) in [6.07, 6.45) is 3.77. The lowest BCUT2D eigenvalue weighted by Gasteiger charge is -1.85. The largest absolute Gasteiger partial charge is 0.266 e. The van der Waals surface area contributed by atoms with Crippen LogP contribution in [0.2, 0.25) is 0 Å². The van der Waals surface area contributed by atoms with Gasteiger partial charge in [0.25, 0.3) is 0 Å². The van der Waals surface area contributed by atoms with E-state index in [-0.39, 0.29) is 0 Å². The highest BCUT2D eigenvalue weighted by Crippen LogP contribution is 2.04. The summed E-state index contributed by atoms with van der Waals surface area (Å²) in [4.78, 5) is 3.96. The minimum absolute atomic E-state index is 0.299. The topological polar surface area (TPSA) is 12.4 Å². The van der Waals surface area contributed by atoms with Gasteiger partial charge in [-0.1, -0.05) is 17.7 Å². The first-order chi connectivity index (χ1) is 3.29. The zero-order valence-corrected chi connectivity index (χ0v) is 4.81. The quantitative estimate of drug-likeness (QED) is 0.455. The fraction of sp³-hybridized carbons (Fsp3) is 0.400. The Kier molecular flexibility index (Phi) is 1.15. The molecule has 1 atom stereocenters. The van der Waals surface area contributed by atoms with Crippen LogP contribution in [0.15, 0.2) is 17.1 Å².